The molecule has 0 atom stereocenters. The standard InChI is InChI=1S/C17H20N2O3S/c1-17(2,14-4-3-9-23-14)11-19-16(22)18-10-12-5-7-13(8-6-12)15(20)21/h3-9H,10-11H2,1-2H3,(H,20,21)(H2,18,19,22). The summed E-state index contributed by atoms with van der Waals surface area (Å²) in [6, 6.07) is 10.3. The number of thiophene rings is 1. The van der Waals surface area contributed by atoms with Gasteiger partial charge in [-0.2, -0.15) is 0 Å². The molecular formula is C17H20N2O3S. The highest BCUT2D eigenvalue weighted by atomic mass is 32.1. The zero-order valence-corrected chi connectivity index (χ0v) is 13.9. The number of carbonyl (C=O) groups excluding carboxylic acids is 1. The minimum Gasteiger partial charge on any atom is -0.478 e. The van der Waals surface area contributed by atoms with Crippen LogP contribution in [0.25, 0.3) is 0 Å². The Morgan fingerprint density at radius 2 is 1.83 bits per heavy atom. The fourth-order valence-electron chi connectivity index (χ4n) is 2.06. The number of hydrogen-bond donors (Lipinski definition) is 3. The summed E-state index contributed by atoms with van der Waals surface area (Å²) in [5.74, 6) is -0.960. The molecule has 23 heavy (non-hydrogen) atoms. The average Bonchev–Trinajstić information content (AvgIpc) is 3.06. The van der Waals surface area contributed by atoms with E-state index in [0.717, 1.165) is 5.56 Å². The molecule has 2 rings (SSSR count). The third-order valence-corrected chi connectivity index (χ3v) is 4.77. The van der Waals surface area contributed by atoms with Gasteiger partial charge in [-0.05, 0) is 29.1 Å². The number of carbonyl (C=O) groups is 2. The minimum atomic E-state index is -0.960. The molecule has 1 heterocycles. The SMILES string of the molecule is CC(C)(CNC(=O)NCc1ccc(C(=O)O)cc1)c1cccs1. The smallest absolute Gasteiger partial charge is 0.335 e. The van der Waals surface area contributed by atoms with E-state index in [0.29, 0.717) is 13.1 Å². The van der Waals surface area contributed by atoms with Gasteiger partial charge in [0.05, 0.1) is 5.56 Å². The Balaban J connectivity index is 1.80. The summed E-state index contributed by atoms with van der Waals surface area (Å²) < 4.78 is 0. The molecule has 0 aliphatic rings. The lowest BCUT2D eigenvalue weighted by Gasteiger charge is -2.23. The number of nitrogens with one attached hydrogen (secondary N) is 2. The van der Waals surface area contributed by atoms with Crippen LogP contribution in [0.15, 0.2) is 41.8 Å². The monoisotopic (exact) mass is 332 g/mol. The molecule has 0 aliphatic carbocycles. The van der Waals surface area contributed by atoms with E-state index in [1.54, 1.807) is 23.5 Å². The first-order valence-electron chi connectivity index (χ1n) is 7.26. The van der Waals surface area contributed by atoms with Crippen molar-refractivity contribution in [3.8, 4) is 0 Å². The van der Waals surface area contributed by atoms with Gasteiger partial charge in [0.25, 0.3) is 0 Å². The maximum absolute atomic E-state index is 11.9. The van der Waals surface area contributed by atoms with Crippen LogP contribution >= 0.6 is 11.3 Å². The summed E-state index contributed by atoms with van der Waals surface area (Å²) in [5.41, 5.74) is 0.966. The highest BCUT2D eigenvalue weighted by molar-refractivity contribution is 7.10. The highest BCUT2D eigenvalue weighted by Gasteiger charge is 2.22. The molecule has 6 heteroatoms. The van der Waals surface area contributed by atoms with Crippen molar-refractivity contribution in [2.45, 2.75) is 25.8 Å². The molecule has 5 nitrogen and oxygen atoms in total. The van der Waals surface area contributed by atoms with E-state index in [4.69, 9.17) is 5.11 Å². The Labute approximate surface area is 139 Å². The van der Waals surface area contributed by atoms with Gasteiger partial charge in [-0.3, -0.25) is 0 Å². The van der Waals surface area contributed by atoms with Crippen molar-refractivity contribution < 1.29 is 14.7 Å². The summed E-state index contributed by atoms with van der Waals surface area (Å²) in [6.07, 6.45) is 0. The molecule has 0 aliphatic heterocycles. The highest BCUT2D eigenvalue weighted by Crippen LogP contribution is 2.26. The average molecular weight is 332 g/mol. The molecular weight excluding hydrogens is 312 g/mol. The summed E-state index contributed by atoms with van der Waals surface area (Å²) in [7, 11) is 0. The number of carboxylic acid groups (broad SMARTS) is 1. The quantitative estimate of drug-likeness (QED) is 0.760. The summed E-state index contributed by atoms with van der Waals surface area (Å²) >= 11 is 1.68. The van der Waals surface area contributed by atoms with Crippen LogP contribution in [0, 0.1) is 0 Å². The van der Waals surface area contributed by atoms with Crippen LogP contribution in [0.5, 0.6) is 0 Å². The third kappa shape index (κ3) is 4.82. The molecule has 0 saturated heterocycles. The van der Waals surface area contributed by atoms with Gasteiger partial charge in [0.1, 0.15) is 0 Å². The van der Waals surface area contributed by atoms with Crippen molar-refractivity contribution in [3.63, 3.8) is 0 Å². The van der Waals surface area contributed by atoms with E-state index in [1.807, 2.05) is 11.4 Å². The molecule has 0 unspecified atom stereocenters. The van der Waals surface area contributed by atoms with Gasteiger partial charge in [0, 0.05) is 23.4 Å². The lowest BCUT2D eigenvalue weighted by molar-refractivity contribution is 0.0697. The number of benzene rings is 1. The van der Waals surface area contributed by atoms with Crippen LogP contribution in [0.1, 0.15) is 34.6 Å². The maximum Gasteiger partial charge on any atom is 0.335 e. The normalized spacial score (nSPS) is 11.0. The van der Waals surface area contributed by atoms with Crippen molar-refractivity contribution in [1.29, 1.82) is 0 Å². The number of amides is 2. The van der Waals surface area contributed by atoms with Gasteiger partial charge in [-0.15, -0.1) is 11.3 Å². The topological polar surface area (TPSA) is 78.4 Å². The molecule has 1 aromatic heterocycles. The number of carboxylic acids is 1. The Kier molecular flexibility index (Phi) is 5.39. The zero-order valence-electron chi connectivity index (χ0n) is 13.1. The molecule has 2 aromatic rings. The second-order valence-electron chi connectivity index (χ2n) is 5.90. The lowest BCUT2D eigenvalue weighted by Crippen LogP contribution is -2.41. The first-order valence-corrected chi connectivity index (χ1v) is 8.14. The Bertz CT molecular complexity index is 664. The predicted molar refractivity (Wildman–Crippen MR) is 91.0 cm³/mol. The minimum absolute atomic E-state index is 0.116. The fraction of sp³-hybridized carbons (Fsp3) is 0.294. The van der Waals surface area contributed by atoms with Crippen LogP contribution < -0.4 is 10.6 Å². The molecule has 3 N–H and O–H groups in total. The molecule has 0 saturated carbocycles. The van der Waals surface area contributed by atoms with E-state index >= 15 is 0 Å². The van der Waals surface area contributed by atoms with Crippen LogP contribution in [0.3, 0.4) is 0 Å². The first-order chi connectivity index (χ1) is 10.9. The number of hydrogen-bond acceptors (Lipinski definition) is 3. The van der Waals surface area contributed by atoms with Crippen molar-refractivity contribution in [2.24, 2.45) is 0 Å². The van der Waals surface area contributed by atoms with Gasteiger partial charge < -0.3 is 15.7 Å². The summed E-state index contributed by atoms with van der Waals surface area (Å²) in [6.45, 7) is 5.07. The Morgan fingerprint density at radius 1 is 1.13 bits per heavy atom. The lowest BCUT2D eigenvalue weighted by atomic mass is 9.91. The molecule has 0 spiro atoms. The largest absolute Gasteiger partial charge is 0.478 e. The number of aromatic carboxylic acids is 1. The van der Waals surface area contributed by atoms with Crippen LogP contribution in [-0.2, 0) is 12.0 Å². The number of rotatable bonds is 6. The van der Waals surface area contributed by atoms with E-state index in [2.05, 4.69) is 30.5 Å². The van der Waals surface area contributed by atoms with Crippen molar-refractivity contribution in [2.75, 3.05) is 6.54 Å². The molecule has 1 aromatic carbocycles. The predicted octanol–water partition coefficient (Wildman–Crippen LogP) is 3.22. The summed E-state index contributed by atoms with van der Waals surface area (Å²) in [5, 5.41) is 16.5. The second-order valence-corrected chi connectivity index (χ2v) is 6.85. The Morgan fingerprint density at radius 3 is 2.39 bits per heavy atom. The maximum atomic E-state index is 11.9. The Hall–Kier alpha value is -2.34. The molecule has 2 amide bonds. The molecule has 122 valence electrons. The van der Waals surface area contributed by atoms with Crippen LogP contribution in [0.2, 0.25) is 0 Å². The van der Waals surface area contributed by atoms with E-state index in [-0.39, 0.29) is 17.0 Å². The van der Waals surface area contributed by atoms with Gasteiger partial charge >= 0.3 is 12.0 Å². The van der Waals surface area contributed by atoms with Gasteiger partial charge in [0.2, 0.25) is 0 Å². The second kappa shape index (κ2) is 7.28. The van der Waals surface area contributed by atoms with Gasteiger partial charge in [0.15, 0.2) is 0 Å². The van der Waals surface area contributed by atoms with Crippen LogP contribution in [0.4, 0.5) is 4.79 Å². The molecule has 0 fully saturated rings. The van der Waals surface area contributed by atoms with E-state index in [1.165, 1.54) is 17.0 Å². The van der Waals surface area contributed by atoms with E-state index < -0.39 is 5.97 Å². The third-order valence-electron chi connectivity index (χ3n) is 3.53. The van der Waals surface area contributed by atoms with Crippen molar-refractivity contribution in [1.82, 2.24) is 10.6 Å². The van der Waals surface area contributed by atoms with Crippen molar-refractivity contribution >= 4 is 23.3 Å². The fourth-order valence-corrected chi connectivity index (χ4v) is 2.91. The molecule has 0 radical (unpaired) electrons. The first kappa shape index (κ1) is 17.0. The summed E-state index contributed by atoms with van der Waals surface area (Å²) in [4.78, 5) is 23.9. The van der Waals surface area contributed by atoms with E-state index in [9.17, 15) is 9.59 Å². The number of urea groups is 1. The molecule has 0 bridgehead atoms. The van der Waals surface area contributed by atoms with Crippen LogP contribution in [-0.4, -0.2) is 23.7 Å². The van der Waals surface area contributed by atoms with Crippen molar-refractivity contribution in [3.05, 3.63) is 57.8 Å². The zero-order chi connectivity index (χ0) is 16.9. The van der Waals surface area contributed by atoms with Gasteiger partial charge in [-0.1, -0.05) is 32.0 Å². The van der Waals surface area contributed by atoms with Gasteiger partial charge in [-0.25, -0.2) is 9.59 Å².